The first-order chi connectivity index (χ1) is 11.4. The molecule has 0 aliphatic heterocycles. The summed E-state index contributed by atoms with van der Waals surface area (Å²) in [6.07, 6.45) is 1.93. The third kappa shape index (κ3) is 3.68. The number of hydrogen-bond acceptors (Lipinski definition) is 6. The van der Waals surface area contributed by atoms with E-state index in [0.717, 1.165) is 16.3 Å². The van der Waals surface area contributed by atoms with Crippen molar-refractivity contribution in [3.05, 3.63) is 45.1 Å². The molecule has 3 rings (SSSR count). The van der Waals surface area contributed by atoms with Crippen molar-refractivity contribution in [2.45, 2.75) is 37.7 Å². The molecule has 0 unspecified atom stereocenters. The van der Waals surface area contributed by atoms with Gasteiger partial charge in [-0.2, -0.15) is 0 Å². The molecule has 9 heteroatoms. The fourth-order valence-corrected chi connectivity index (χ4v) is 3.93. The van der Waals surface area contributed by atoms with Gasteiger partial charge in [0, 0.05) is 29.0 Å². The van der Waals surface area contributed by atoms with E-state index in [2.05, 4.69) is 20.3 Å². The molecule has 3 heterocycles. The van der Waals surface area contributed by atoms with Crippen LogP contribution in [0.4, 0.5) is 0 Å². The number of aryl methyl sites for hydroxylation is 2. The number of fused-ring (bicyclic) bond motifs is 1. The lowest BCUT2D eigenvalue weighted by atomic mass is 10.4. The number of aromatic nitrogens is 4. The van der Waals surface area contributed by atoms with E-state index in [9.17, 15) is 9.59 Å². The van der Waals surface area contributed by atoms with Crippen LogP contribution < -0.4 is 10.9 Å². The van der Waals surface area contributed by atoms with Gasteiger partial charge in [0.25, 0.3) is 5.56 Å². The Morgan fingerprint density at radius 3 is 2.96 bits per heavy atom. The Morgan fingerprint density at radius 1 is 1.46 bits per heavy atom. The second-order valence-corrected chi connectivity index (χ2v) is 7.60. The van der Waals surface area contributed by atoms with Crippen molar-refractivity contribution in [2.24, 2.45) is 0 Å². The SMILES string of the molecule is Cc1cc(=O)[nH]c(S[C@@H](C)C(=O)NCc2cn3c(C)csc3n2)n1. The van der Waals surface area contributed by atoms with Gasteiger partial charge in [-0.3, -0.25) is 14.0 Å². The molecule has 2 N–H and O–H groups in total. The summed E-state index contributed by atoms with van der Waals surface area (Å²) in [7, 11) is 0. The van der Waals surface area contributed by atoms with Crippen molar-refractivity contribution < 1.29 is 4.79 Å². The van der Waals surface area contributed by atoms with Crippen molar-refractivity contribution in [3.8, 4) is 0 Å². The summed E-state index contributed by atoms with van der Waals surface area (Å²) < 4.78 is 2.01. The van der Waals surface area contributed by atoms with Gasteiger partial charge < -0.3 is 10.3 Å². The molecule has 3 aromatic rings. The van der Waals surface area contributed by atoms with Crippen LogP contribution in [0.5, 0.6) is 0 Å². The van der Waals surface area contributed by atoms with Gasteiger partial charge >= 0.3 is 0 Å². The van der Waals surface area contributed by atoms with E-state index in [-0.39, 0.29) is 16.7 Å². The van der Waals surface area contributed by atoms with Gasteiger partial charge in [-0.1, -0.05) is 11.8 Å². The highest BCUT2D eigenvalue weighted by molar-refractivity contribution is 8.00. The number of rotatable bonds is 5. The Labute approximate surface area is 146 Å². The van der Waals surface area contributed by atoms with Gasteiger partial charge in [0.15, 0.2) is 10.1 Å². The number of thioether (sulfide) groups is 1. The van der Waals surface area contributed by atoms with Crippen LogP contribution >= 0.6 is 23.1 Å². The summed E-state index contributed by atoms with van der Waals surface area (Å²) in [6.45, 7) is 5.91. The molecule has 0 radical (unpaired) electrons. The third-order valence-electron chi connectivity index (χ3n) is 3.39. The largest absolute Gasteiger partial charge is 0.349 e. The van der Waals surface area contributed by atoms with E-state index in [1.807, 2.05) is 22.9 Å². The maximum Gasteiger partial charge on any atom is 0.251 e. The van der Waals surface area contributed by atoms with Crippen LogP contribution in [0, 0.1) is 13.8 Å². The van der Waals surface area contributed by atoms with Crippen LogP contribution in [-0.4, -0.2) is 30.5 Å². The Bertz CT molecular complexity index is 943. The third-order valence-corrected chi connectivity index (χ3v) is 5.33. The van der Waals surface area contributed by atoms with Crippen molar-refractivity contribution >= 4 is 34.0 Å². The Morgan fingerprint density at radius 2 is 2.25 bits per heavy atom. The summed E-state index contributed by atoms with van der Waals surface area (Å²) in [4.78, 5) is 35.9. The minimum atomic E-state index is -0.375. The lowest BCUT2D eigenvalue weighted by molar-refractivity contribution is -0.120. The highest BCUT2D eigenvalue weighted by Gasteiger charge is 2.16. The molecule has 0 saturated heterocycles. The molecule has 24 heavy (non-hydrogen) atoms. The van der Waals surface area contributed by atoms with Crippen molar-refractivity contribution in [1.29, 1.82) is 0 Å². The van der Waals surface area contributed by atoms with E-state index in [0.29, 0.717) is 17.4 Å². The van der Waals surface area contributed by atoms with E-state index in [1.165, 1.54) is 17.8 Å². The number of nitrogens with one attached hydrogen (secondary N) is 2. The zero-order chi connectivity index (χ0) is 17.3. The van der Waals surface area contributed by atoms with Crippen LogP contribution in [-0.2, 0) is 11.3 Å². The predicted octanol–water partition coefficient (Wildman–Crippen LogP) is 1.89. The minimum absolute atomic E-state index is 0.128. The molecular weight excluding hydrogens is 346 g/mol. The van der Waals surface area contributed by atoms with Crippen LogP contribution in [0.2, 0.25) is 0 Å². The lowest BCUT2D eigenvalue weighted by Crippen LogP contribution is -2.30. The number of hydrogen-bond donors (Lipinski definition) is 2. The number of nitrogens with zero attached hydrogens (tertiary/aromatic N) is 3. The quantitative estimate of drug-likeness (QED) is 0.533. The van der Waals surface area contributed by atoms with Crippen LogP contribution in [0.1, 0.15) is 24.0 Å². The van der Waals surface area contributed by atoms with E-state index >= 15 is 0 Å². The second-order valence-electron chi connectivity index (χ2n) is 5.43. The Balaban J connectivity index is 1.60. The first-order valence-electron chi connectivity index (χ1n) is 7.37. The molecule has 1 amide bonds. The van der Waals surface area contributed by atoms with Gasteiger partial charge in [0.05, 0.1) is 17.5 Å². The molecule has 0 fully saturated rings. The van der Waals surface area contributed by atoms with Gasteiger partial charge in [-0.05, 0) is 20.8 Å². The van der Waals surface area contributed by atoms with Crippen LogP contribution in [0.15, 0.2) is 27.6 Å². The normalized spacial score (nSPS) is 12.5. The van der Waals surface area contributed by atoms with Crippen molar-refractivity contribution in [1.82, 2.24) is 24.7 Å². The number of amides is 1. The molecule has 0 aliphatic rings. The van der Waals surface area contributed by atoms with Gasteiger partial charge in [0.2, 0.25) is 5.91 Å². The maximum atomic E-state index is 12.2. The molecule has 3 aromatic heterocycles. The molecule has 126 valence electrons. The molecule has 0 bridgehead atoms. The zero-order valence-corrected chi connectivity index (χ0v) is 15.1. The molecule has 7 nitrogen and oxygen atoms in total. The second kappa shape index (κ2) is 6.78. The lowest BCUT2D eigenvalue weighted by Gasteiger charge is -2.10. The van der Waals surface area contributed by atoms with Crippen LogP contribution in [0.25, 0.3) is 4.96 Å². The Hall–Kier alpha value is -2.13. The van der Waals surface area contributed by atoms with Gasteiger partial charge in [0.1, 0.15) is 0 Å². The summed E-state index contributed by atoms with van der Waals surface area (Å²) in [6, 6.07) is 1.42. The fraction of sp³-hybridized carbons (Fsp3) is 0.333. The standard InChI is InChI=1S/C15H17N5O2S2/c1-8-4-12(21)19-14(17-8)24-10(3)13(22)16-5-11-6-20-9(2)7-23-15(20)18-11/h4,6-7,10H,5H2,1-3H3,(H,16,22)(H,17,19,21)/t10-/m0/s1. The number of aromatic amines is 1. The summed E-state index contributed by atoms with van der Waals surface area (Å²) in [5.74, 6) is -0.128. The molecular formula is C15H17N5O2S2. The number of imidazole rings is 1. The van der Waals surface area contributed by atoms with Crippen molar-refractivity contribution in [3.63, 3.8) is 0 Å². The zero-order valence-electron chi connectivity index (χ0n) is 13.5. The number of carbonyl (C=O) groups is 1. The Kier molecular flexibility index (Phi) is 4.72. The average Bonchev–Trinajstić information content (AvgIpc) is 3.06. The highest BCUT2D eigenvalue weighted by atomic mass is 32.2. The molecule has 1 atom stereocenters. The van der Waals surface area contributed by atoms with E-state index < -0.39 is 0 Å². The number of carbonyl (C=O) groups excluding carboxylic acids is 1. The number of H-pyrrole nitrogens is 1. The fourth-order valence-electron chi connectivity index (χ4n) is 2.18. The summed E-state index contributed by atoms with van der Waals surface area (Å²) in [5, 5.41) is 4.98. The first kappa shape index (κ1) is 16.7. The predicted molar refractivity (Wildman–Crippen MR) is 94.6 cm³/mol. The number of thiazole rings is 1. The average molecular weight is 363 g/mol. The molecule has 0 aliphatic carbocycles. The van der Waals surface area contributed by atoms with Gasteiger partial charge in [-0.15, -0.1) is 11.3 Å². The molecule has 0 aromatic carbocycles. The minimum Gasteiger partial charge on any atom is -0.349 e. The molecule has 0 spiro atoms. The highest BCUT2D eigenvalue weighted by Crippen LogP contribution is 2.19. The summed E-state index contributed by atoms with van der Waals surface area (Å²) in [5.41, 5.74) is 2.35. The van der Waals surface area contributed by atoms with E-state index in [1.54, 1.807) is 25.2 Å². The van der Waals surface area contributed by atoms with E-state index in [4.69, 9.17) is 0 Å². The van der Waals surface area contributed by atoms with Gasteiger partial charge in [-0.25, -0.2) is 9.97 Å². The maximum absolute atomic E-state index is 12.2. The molecule has 0 saturated carbocycles. The first-order valence-corrected chi connectivity index (χ1v) is 9.12. The summed E-state index contributed by atoms with van der Waals surface area (Å²) >= 11 is 2.79. The van der Waals surface area contributed by atoms with Crippen molar-refractivity contribution in [2.75, 3.05) is 0 Å². The smallest absolute Gasteiger partial charge is 0.251 e. The van der Waals surface area contributed by atoms with Crippen LogP contribution in [0.3, 0.4) is 0 Å². The topological polar surface area (TPSA) is 92.2 Å². The monoisotopic (exact) mass is 363 g/mol.